The molecule has 0 atom stereocenters. The van der Waals surface area contributed by atoms with E-state index in [0.29, 0.717) is 5.16 Å². The number of fused-ring (bicyclic) bond motifs is 1. The van der Waals surface area contributed by atoms with Crippen LogP contribution in [0.3, 0.4) is 0 Å². The van der Waals surface area contributed by atoms with E-state index in [0.717, 1.165) is 25.8 Å². The van der Waals surface area contributed by atoms with Crippen LogP contribution < -0.4 is 0 Å². The first-order valence-corrected chi connectivity index (χ1v) is 7.83. The fourth-order valence-electron chi connectivity index (χ4n) is 1.83. The first-order valence-electron chi connectivity index (χ1n) is 6.19. The van der Waals surface area contributed by atoms with Gasteiger partial charge in [0.05, 0.1) is 17.6 Å². The van der Waals surface area contributed by atoms with Crippen LogP contribution in [-0.2, 0) is 11.2 Å². The van der Waals surface area contributed by atoms with Crippen molar-refractivity contribution in [3.05, 3.63) is 41.0 Å². The Labute approximate surface area is 129 Å². The van der Waals surface area contributed by atoms with Gasteiger partial charge in [0.2, 0.25) is 0 Å². The number of carboxylic acids is 1. The van der Waals surface area contributed by atoms with Gasteiger partial charge >= 0.3 is 5.97 Å². The Kier molecular flexibility index (Phi) is 3.85. The van der Waals surface area contributed by atoms with Gasteiger partial charge in [0.25, 0.3) is 0 Å². The van der Waals surface area contributed by atoms with E-state index in [2.05, 4.69) is 15.0 Å². The van der Waals surface area contributed by atoms with Crippen molar-refractivity contribution in [2.24, 2.45) is 0 Å². The highest BCUT2D eigenvalue weighted by atomic mass is 32.2. The molecule has 106 valence electrons. The van der Waals surface area contributed by atoms with E-state index in [1.165, 1.54) is 23.1 Å². The van der Waals surface area contributed by atoms with Crippen LogP contribution in [0.2, 0.25) is 0 Å². The predicted molar refractivity (Wildman–Crippen MR) is 81.9 cm³/mol. The molecule has 0 spiro atoms. The van der Waals surface area contributed by atoms with Crippen molar-refractivity contribution < 1.29 is 9.90 Å². The van der Waals surface area contributed by atoms with E-state index in [9.17, 15) is 4.79 Å². The van der Waals surface area contributed by atoms with Gasteiger partial charge in [0.1, 0.15) is 0 Å². The minimum absolute atomic E-state index is 0.00262. The standard InChI is InChI=1S/C14H11N3O2S2/c1-8-11(6-12(18)19)20-14(16-8)21-13-15-7-9-4-2-3-5-10(9)17-13/h2-5,7H,6H2,1H3,(H,18,19). The number of thiazole rings is 1. The van der Waals surface area contributed by atoms with Crippen LogP contribution in [0.1, 0.15) is 10.6 Å². The number of rotatable bonds is 4. The summed E-state index contributed by atoms with van der Waals surface area (Å²) in [6, 6.07) is 7.77. The number of hydrogen-bond acceptors (Lipinski definition) is 6. The molecule has 2 heterocycles. The molecule has 0 bridgehead atoms. The maximum atomic E-state index is 10.8. The molecule has 7 heteroatoms. The lowest BCUT2D eigenvalue weighted by Crippen LogP contribution is -1.99. The van der Waals surface area contributed by atoms with Gasteiger partial charge in [-0.25, -0.2) is 15.0 Å². The highest BCUT2D eigenvalue weighted by Crippen LogP contribution is 2.31. The summed E-state index contributed by atoms with van der Waals surface area (Å²) in [5.74, 6) is -0.847. The van der Waals surface area contributed by atoms with Crippen LogP contribution in [0, 0.1) is 6.92 Å². The van der Waals surface area contributed by atoms with Crippen LogP contribution in [-0.4, -0.2) is 26.0 Å². The second-order valence-corrected chi connectivity index (χ2v) is 6.67. The van der Waals surface area contributed by atoms with Crippen LogP contribution in [0.5, 0.6) is 0 Å². The summed E-state index contributed by atoms with van der Waals surface area (Å²) in [7, 11) is 0. The first kappa shape index (κ1) is 14.0. The van der Waals surface area contributed by atoms with Gasteiger partial charge in [-0.1, -0.05) is 18.2 Å². The van der Waals surface area contributed by atoms with Gasteiger partial charge in [0.15, 0.2) is 9.50 Å². The van der Waals surface area contributed by atoms with Gasteiger partial charge in [0, 0.05) is 16.5 Å². The first-order chi connectivity index (χ1) is 10.1. The molecule has 0 saturated heterocycles. The molecule has 2 aromatic heterocycles. The smallest absolute Gasteiger partial charge is 0.308 e. The molecular formula is C14H11N3O2S2. The van der Waals surface area contributed by atoms with Gasteiger partial charge in [-0.2, -0.15) is 0 Å². The van der Waals surface area contributed by atoms with Crippen molar-refractivity contribution in [2.75, 3.05) is 0 Å². The van der Waals surface area contributed by atoms with Crippen molar-refractivity contribution in [2.45, 2.75) is 22.8 Å². The lowest BCUT2D eigenvalue weighted by Gasteiger charge is -1.99. The zero-order chi connectivity index (χ0) is 14.8. The molecule has 0 saturated carbocycles. The minimum atomic E-state index is -0.847. The molecule has 3 rings (SSSR count). The summed E-state index contributed by atoms with van der Waals surface area (Å²) in [5, 5.41) is 10.5. The average molecular weight is 317 g/mol. The third-order valence-electron chi connectivity index (χ3n) is 2.83. The summed E-state index contributed by atoms with van der Waals surface area (Å²) in [5.41, 5.74) is 1.64. The van der Waals surface area contributed by atoms with E-state index in [-0.39, 0.29) is 6.42 Å². The van der Waals surface area contributed by atoms with Crippen LogP contribution in [0.4, 0.5) is 0 Å². The number of aliphatic carboxylic acids is 1. The monoisotopic (exact) mass is 317 g/mol. The quantitative estimate of drug-likeness (QED) is 0.745. The van der Waals surface area contributed by atoms with E-state index in [4.69, 9.17) is 5.11 Å². The molecule has 0 aliphatic heterocycles. The minimum Gasteiger partial charge on any atom is -0.481 e. The van der Waals surface area contributed by atoms with Gasteiger partial charge in [-0.05, 0) is 24.8 Å². The topological polar surface area (TPSA) is 76.0 Å². The fraction of sp³-hybridized carbons (Fsp3) is 0.143. The molecule has 1 aromatic carbocycles. The zero-order valence-electron chi connectivity index (χ0n) is 11.1. The Bertz CT molecular complexity index is 817. The van der Waals surface area contributed by atoms with Crippen molar-refractivity contribution in [1.82, 2.24) is 15.0 Å². The molecule has 0 aliphatic rings. The molecule has 3 aromatic rings. The second-order valence-electron chi connectivity index (χ2n) is 4.37. The molecule has 0 fully saturated rings. The molecular weight excluding hydrogens is 306 g/mol. The lowest BCUT2D eigenvalue weighted by atomic mass is 10.2. The van der Waals surface area contributed by atoms with Crippen molar-refractivity contribution in [3.8, 4) is 0 Å². The molecule has 0 radical (unpaired) electrons. The summed E-state index contributed by atoms with van der Waals surface area (Å²) in [6.07, 6.45) is 1.78. The number of carboxylic acid groups (broad SMARTS) is 1. The largest absolute Gasteiger partial charge is 0.481 e. The number of aromatic nitrogens is 3. The Morgan fingerprint density at radius 3 is 2.95 bits per heavy atom. The third kappa shape index (κ3) is 3.20. The summed E-state index contributed by atoms with van der Waals surface area (Å²) in [4.78, 5) is 24.7. The molecule has 21 heavy (non-hydrogen) atoms. The summed E-state index contributed by atoms with van der Waals surface area (Å²) < 4.78 is 0.763. The van der Waals surface area contributed by atoms with Gasteiger partial charge in [-0.3, -0.25) is 4.79 Å². The van der Waals surface area contributed by atoms with E-state index in [1.807, 2.05) is 31.2 Å². The average Bonchev–Trinajstić information content (AvgIpc) is 2.78. The van der Waals surface area contributed by atoms with Crippen molar-refractivity contribution in [1.29, 1.82) is 0 Å². The number of nitrogens with zero attached hydrogens (tertiary/aromatic N) is 3. The molecule has 0 unspecified atom stereocenters. The van der Waals surface area contributed by atoms with Crippen LogP contribution in [0.25, 0.3) is 10.9 Å². The van der Waals surface area contributed by atoms with Gasteiger partial charge < -0.3 is 5.11 Å². The number of aryl methyl sites for hydroxylation is 1. The number of benzene rings is 1. The van der Waals surface area contributed by atoms with E-state index < -0.39 is 5.97 Å². The van der Waals surface area contributed by atoms with Crippen molar-refractivity contribution in [3.63, 3.8) is 0 Å². The number of carbonyl (C=O) groups is 1. The lowest BCUT2D eigenvalue weighted by molar-refractivity contribution is -0.136. The highest BCUT2D eigenvalue weighted by molar-refractivity contribution is 8.00. The van der Waals surface area contributed by atoms with Crippen molar-refractivity contribution >= 4 is 40.0 Å². The summed E-state index contributed by atoms with van der Waals surface area (Å²) in [6.45, 7) is 1.82. The Morgan fingerprint density at radius 1 is 1.33 bits per heavy atom. The summed E-state index contributed by atoms with van der Waals surface area (Å²) >= 11 is 2.74. The van der Waals surface area contributed by atoms with E-state index in [1.54, 1.807) is 6.20 Å². The van der Waals surface area contributed by atoms with E-state index >= 15 is 0 Å². The second kappa shape index (κ2) is 5.79. The van der Waals surface area contributed by atoms with Crippen LogP contribution in [0.15, 0.2) is 40.0 Å². The zero-order valence-corrected chi connectivity index (χ0v) is 12.7. The highest BCUT2D eigenvalue weighted by Gasteiger charge is 2.13. The maximum Gasteiger partial charge on any atom is 0.308 e. The fourth-order valence-corrected chi connectivity index (χ4v) is 3.89. The Balaban J connectivity index is 1.86. The Morgan fingerprint density at radius 2 is 2.14 bits per heavy atom. The molecule has 1 N–H and O–H groups in total. The van der Waals surface area contributed by atoms with Gasteiger partial charge in [-0.15, -0.1) is 11.3 Å². The number of hydrogen-bond donors (Lipinski definition) is 1. The Hall–Kier alpha value is -1.99. The third-order valence-corrected chi connectivity index (χ3v) is 4.93. The normalized spacial score (nSPS) is 10.9. The maximum absolute atomic E-state index is 10.8. The molecule has 0 aliphatic carbocycles. The SMILES string of the molecule is Cc1nc(Sc2ncc3ccccc3n2)sc1CC(=O)O. The molecule has 5 nitrogen and oxygen atoms in total. The van der Waals surface area contributed by atoms with Crippen LogP contribution >= 0.6 is 23.1 Å². The molecule has 0 amide bonds. The number of para-hydroxylation sites is 1. The predicted octanol–water partition coefficient (Wildman–Crippen LogP) is 3.17.